The van der Waals surface area contributed by atoms with Crippen LogP contribution in [0.15, 0.2) is 18.2 Å². The molecule has 8 heteroatoms. The summed E-state index contributed by atoms with van der Waals surface area (Å²) in [6.45, 7) is 1.22. The molecule has 1 saturated heterocycles. The van der Waals surface area contributed by atoms with Gasteiger partial charge in [0.15, 0.2) is 0 Å². The minimum absolute atomic E-state index is 0.386. The van der Waals surface area contributed by atoms with Crippen LogP contribution in [0.25, 0.3) is 0 Å². The number of halogens is 3. The highest BCUT2D eigenvalue weighted by Crippen LogP contribution is 2.39. The van der Waals surface area contributed by atoms with Crippen LogP contribution >= 0.6 is 0 Å². The topological polar surface area (TPSA) is 55.6 Å². The van der Waals surface area contributed by atoms with Crippen LogP contribution in [0.4, 0.5) is 18.9 Å². The van der Waals surface area contributed by atoms with Crippen LogP contribution in [0, 0.1) is 10.1 Å². The molecule has 1 unspecified atom stereocenters. The highest BCUT2D eigenvalue weighted by atomic mass is 19.4. The summed E-state index contributed by atoms with van der Waals surface area (Å²) in [7, 11) is 1.83. The zero-order valence-corrected chi connectivity index (χ0v) is 10.7. The summed E-state index contributed by atoms with van der Waals surface area (Å²) >= 11 is 0. The molecule has 1 fully saturated rings. The molecule has 1 aliphatic heterocycles. The Morgan fingerprint density at radius 3 is 2.65 bits per heavy atom. The summed E-state index contributed by atoms with van der Waals surface area (Å²) < 4.78 is 43.9. The fraction of sp³-hybridized carbons (Fsp3) is 0.500. The minimum atomic E-state index is -4.60. The van der Waals surface area contributed by atoms with E-state index in [4.69, 9.17) is 4.74 Å². The fourth-order valence-corrected chi connectivity index (χ4v) is 2.13. The lowest BCUT2D eigenvalue weighted by molar-refractivity contribution is -0.385. The Morgan fingerprint density at radius 2 is 2.15 bits per heavy atom. The Bertz CT molecular complexity index is 519. The average molecular weight is 290 g/mol. The maximum absolute atomic E-state index is 12.9. The van der Waals surface area contributed by atoms with Crippen molar-refractivity contribution in [2.75, 3.05) is 20.1 Å². The lowest BCUT2D eigenvalue weighted by Gasteiger charge is -2.18. The van der Waals surface area contributed by atoms with Crippen LogP contribution in [0.5, 0.6) is 5.75 Å². The fourth-order valence-electron chi connectivity index (χ4n) is 2.13. The summed E-state index contributed by atoms with van der Waals surface area (Å²) in [5.41, 5.74) is -1.41. The third-order valence-corrected chi connectivity index (χ3v) is 3.12. The van der Waals surface area contributed by atoms with Crippen molar-refractivity contribution in [3.63, 3.8) is 0 Å². The van der Waals surface area contributed by atoms with Crippen molar-refractivity contribution in [3.8, 4) is 5.75 Å². The van der Waals surface area contributed by atoms with Gasteiger partial charge in [-0.15, -0.1) is 0 Å². The molecule has 0 bridgehead atoms. The van der Waals surface area contributed by atoms with E-state index in [0.29, 0.717) is 19.0 Å². The van der Waals surface area contributed by atoms with Crippen molar-refractivity contribution < 1.29 is 22.8 Å². The summed E-state index contributed by atoms with van der Waals surface area (Å²) in [6.07, 6.45) is -4.39. The van der Waals surface area contributed by atoms with Crippen molar-refractivity contribution >= 4 is 5.69 Å². The molecule has 0 spiro atoms. The number of nitro benzene ring substituents is 1. The standard InChI is InChI=1S/C12H13F3N2O3/c1-16-5-4-9(7-16)20-11-6-8(17(18)19)2-3-10(11)12(13,14)15/h2-3,6,9H,4-5,7H2,1H3. The molecule has 0 amide bonds. The molecule has 1 atom stereocenters. The van der Waals surface area contributed by atoms with E-state index in [-0.39, 0.29) is 6.10 Å². The second kappa shape index (κ2) is 5.28. The van der Waals surface area contributed by atoms with Crippen LogP contribution in [-0.2, 0) is 6.18 Å². The molecule has 1 heterocycles. The van der Waals surface area contributed by atoms with Crippen molar-refractivity contribution in [1.29, 1.82) is 0 Å². The number of hydrogen-bond donors (Lipinski definition) is 0. The SMILES string of the molecule is CN1CCC(Oc2cc([N+](=O)[O-])ccc2C(F)(F)F)C1. The third-order valence-electron chi connectivity index (χ3n) is 3.12. The molecule has 0 aromatic heterocycles. The van der Waals surface area contributed by atoms with Crippen LogP contribution < -0.4 is 4.74 Å². The first-order valence-electron chi connectivity index (χ1n) is 5.98. The Labute approximate surface area is 113 Å². The molecular weight excluding hydrogens is 277 g/mol. The van der Waals surface area contributed by atoms with E-state index in [1.165, 1.54) is 0 Å². The van der Waals surface area contributed by atoms with Gasteiger partial charge in [0.05, 0.1) is 16.6 Å². The lowest BCUT2D eigenvalue weighted by atomic mass is 10.1. The van der Waals surface area contributed by atoms with Gasteiger partial charge in [-0.25, -0.2) is 0 Å². The number of nitrogens with zero attached hydrogens (tertiary/aromatic N) is 2. The molecule has 20 heavy (non-hydrogen) atoms. The zero-order chi connectivity index (χ0) is 14.9. The van der Waals surface area contributed by atoms with Crippen molar-refractivity contribution in [3.05, 3.63) is 33.9 Å². The molecule has 0 aliphatic carbocycles. The van der Waals surface area contributed by atoms with Gasteiger partial charge in [0.2, 0.25) is 0 Å². The first-order chi connectivity index (χ1) is 9.27. The Kier molecular flexibility index (Phi) is 3.85. The van der Waals surface area contributed by atoms with Gasteiger partial charge in [-0.3, -0.25) is 10.1 Å². The number of likely N-dealkylation sites (N-methyl/N-ethyl adjacent to an activating group) is 1. The first-order valence-corrected chi connectivity index (χ1v) is 5.98. The number of alkyl halides is 3. The van der Waals surface area contributed by atoms with Crippen LogP contribution in [0.3, 0.4) is 0 Å². The van der Waals surface area contributed by atoms with Gasteiger partial charge in [0.25, 0.3) is 5.69 Å². The van der Waals surface area contributed by atoms with E-state index in [9.17, 15) is 23.3 Å². The molecule has 2 rings (SSSR count). The zero-order valence-electron chi connectivity index (χ0n) is 10.7. The Hall–Kier alpha value is -1.83. The van der Waals surface area contributed by atoms with Crippen molar-refractivity contribution in [2.45, 2.75) is 18.7 Å². The number of non-ortho nitro benzene ring substituents is 1. The molecule has 0 N–H and O–H groups in total. The van der Waals surface area contributed by atoms with E-state index in [1.807, 2.05) is 11.9 Å². The normalized spacial score (nSPS) is 20.1. The number of rotatable bonds is 3. The highest BCUT2D eigenvalue weighted by molar-refractivity contribution is 5.45. The van der Waals surface area contributed by atoms with Crippen LogP contribution in [-0.4, -0.2) is 36.1 Å². The Morgan fingerprint density at radius 1 is 1.45 bits per heavy atom. The number of ether oxygens (including phenoxy) is 1. The van der Waals surface area contributed by atoms with E-state index < -0.39 is 28.1 Å². The second-order valence-electron chi connectivity index (χ2n) is 4.73. The van der Waals surface area contributed by atoms with Gasteiger partial charge in [0, 0.05) is 19.2 Å². The number of benzene rings is 1. The van der Waals surface area contributed by atoms with Gasteiger partial charge in [-0.05, 0) is 19.5 Å². The van der Waals surface area contributed by atoms with Crippen LogP contribution in [0.1, 0.15) is 12.0 Å². The van der Waals surface area contributed by atoms with E-state index >= 15 is 0 Å². The van der Waals surface area contributed by atoms with E-state index in [0.717, 1.165) is 18.7 Å². The number of likely N-dealkylation sites (tertiary alicyclic amines) is 1. The monoisotopic (exact) mass is 290 g/mol. The molecule has 1 aromatic carbocycles. The molecule has 5 nitrogen and oxygen atoms in total. The number of nitro groups is 1. The molecule has 0 radical (unpaired) electrons. The molecule has 110 valence electrons. The second-order valence-corrected chi connectivity index (χ2v) is 4.73. The van der Waals surface area contributed by atoms with Crippen molar-refractivity contribution in [1.82, 2.24) is 4.90 Å². The summed E-state index contributed by atoms with van der Waals surface area (Å²) in [5.74, 6) is -0.480. The largest absolute Gasteiger partial charge is 0.488 e. The predicted octanol–water partition coefficient (Wildman–Crippen LogP) is 2.70. The van der Waals surface area contributed by atoms with Gasteiger partial charge < -0.3 is 9.64 Å². The quantitative estimate of drug-likeness (QED) is 0.634. The molecule has 1 aromatic rings. The summed E-state index contributed by atoms with van der Waals surface area (Å²) in [5, 5.41) is 10.7. The van der Waals surface area contributed by atoms with Crippen LogP contribution in [0.2, 0.25) is 0 Å². The van der Waals surface area contributed by atoms with Gasteiger partial charge in [-0.1, -0.05) is 0 Å². The lowest BCUT2D eigenvalue weighted by Crippen LogP contribution is -2.22. The minimum Gasteiger partial charge on any atom is -0.488 e. The third kappa shape index (κ3) is 3.19. The molecule has 0 saturated carbocycles. The smallest absolute Gasteiger partial charge is 0.419 e. The van der Waals surface area contributed by atoms with E-state index in [2.05, 4.69) is 0 Å². The van der Waals surface area contributed by atoms with Gasteiger partial charge in [0.1, 0.15) is 11.9 Å². The molecular formula is C12H13F3N2O3. The van der Waals surface area contributed by atoms with Gasteiger partial charge in [-0.2, -0.15) is 13.2 Å². The summed E-state index contributed by atoms with van der Waals surface area (Å²) in [4.78, 5) is 11.8. The maximum Gasteiger partial charge on any atom is 0.419 e. The molecule has 1 aliphatic rings. The summed E-state index contributed by atoms with van der Waals surface area (Å²) in [6, 6.07) is 2.35. The van der Waals surface area contributed by atoms with E-state index in [1.54, 1.807) is 0 Å². The van der Waals surface area contributed by atoms with Crippen molar-refractivity contribution in [2.24, 2.45) is 0 Å². The Balaban J connectivity index is 2.31. The maximum atomic E-state index is 12.9. The number of hydrogen-bond acceptors (Lipinski definition) is 4. The predicted molar refractivity (Wildman–Crippen MR) is 64.6 cm³/mol. The average Bonchev–Trinajstić information content (AvgIpc) is 2.73. The first kappa shape index (κ1) is 14.6. The highest BCUT2D eigenvalue weighted by Gasteiger charge is 2.36. The van der Waals surface area contributed by atoms with Gasteiger partial charge >= 0.3 is 6.18 Å².